The summed E-state index contributed by atoms with van der Waals surface area (Å²) in [5, 5.41) is 2.91. The average molecular weight is 568 g/mol. The third kappa shape index (κ3) is 8.14. The van der Waals surface area contributed by atoms with Gasteiger partial charge in [-0.05, 0) is 43.0 Å². The minimum Gasteiger partial charge on any atom is -0.354 e. The van der Waals surface area contributed by atoms with Gasteiger partial charge in [0.15, 0.2) is 0 Å². The number of carbonyl (C=O) groups excluding carboxylic acids is 2. The number of anilines is 1. The van der Waals surface area contributed by atoms with Crippen molar-refractivity contribution in [3.8, 4) is 0 Å². The van der Waals surface area contributed by atoms with Gasteiger partial charge in [-0.2, -0.15) is 0 Å². The molecule has 40 heavy (non-hydrogen) atoms. The number of hydrogen-bond acceptors (Lipinski definition) is 4. The number of carbonyl (C=O) groups is 2. The predicted octanol–water partition coefficient (Wildman–Crippen LogP) is 4.76. The number of nitrogens with one attached hydrogen (secondary N) is 1. The van der Waals surface area contributed by atoms with Gasteiger partial charge in [0.25, 0.3) is 0 Å². The van der Waals surface area contributed by atoms with Crippen LogP contribution in [0.25, 0.3) is 0 Å². The molecule has 0 aliphatic heterocycles. The van der Waals surface area contributed by atoms with E-state index < -0.39 is 34.3 Å². The van der Waals surface area contributed by atoms with Crippen molar-refractivity contribution in [3.05, 3.63) is 101 Å². The average Bonchev–Trinajstić information content (AvgIpc) is 2.91. The second-order valence-corrected chi connectivity index (χ2v) is 11.9. The van der Waals surface area contributed by atoms with Crippen LogP contribution in [0.1, 0.15) is 42.0 Å². The Hall–Kier alpha value is -3.72. The fraction of sp³-hybridized carbons (Fsp3) is 0.355. The van der Waals surface area contributed by atoms with Gasteiger partial charge in [0.05, 0.1) is 11.9 Å². The van der Waals surface area contributed by atoms with E-state index in [1.807, 2.05) is 43.3 Å². The normalized spacial score (nSPS) is 12.0. The van der Waals surface area contributed by atoms with Crippen LogP contribution in [0.4, 0.5) is 10.1 Å². The Labute approximate surface area is 237 Å². The first-order valence-electron chi connectivity index (χ1n) is 13.4. The van der Waals surface area contributed by atoms with Crippen molar-refractivity contribution in [2.24, 2.45) is 0 Å². The highest BCUT2D eigenvalue weighted by Crippen LogP contribution is 2.27. The number of benzene rings is 3. The van der Waals surface area contributed by atoms with Crippen molar-refractivity contribution in [2.45, 2.75) is 52.6 Å². The van der Waals surface area contributed by atoms with Crippen LogP contribution in [0.15, 0.2) is 72.8 Å². The van der Waals surface area contributed by atoms with Crippen LogP contribution >= 0.6 is 0 Å². The Morgan fingerprint density at radius 1 is 0.925 bits per heavy atom. The molecule has 7 nitrogen and oxygen atoms in total. The highest BCUT2D eigenvalue weighted by molar-refractivity contribution is 7.92. The third-order valence-corrected chi connectivity index (χ3v) is 7.88. The van der Waals surface area contributed by atoms with E-state index in [9.17, 15) is 22.4 Å². The molecule has 2 amide bonds. The Bertz CT molecular complexity index is 1390. The van der Waals surface area contributed by atoms with E-state index in [2.05, 4.69) is 5.32 Å². The lowest BCUT2D eigenvalue weighted by Crippen LogP contribution is -2.53. The Morgan fingerprint density at radius 3 is 2.15 bits per heavy atom. The van der Waals surface area contributed by atoms with Crippen molar-refractivity contribution in [1.29, 1.82) is 0 Å². The van der Waals surface area contributed by atoms with Gasteiger partial charge in [0, 0.05) is 25.1 Å². The molecule has 0 heterocycles. The third-order valence-electron chi connectivity index (χ3n) is 6.77. The molecule has 0 fully saturated rings. The van der Waals surface area contributed by atoms with Gasteiger partial charge in [-0.25, -0.2) is 12.8 Å². The molecule has 3 aromatic carbocycles. The number of hydrogen-bond donors (Lipinski definition) is 1. The molecule has 0 bridgehead atoms. The quantitative estimate of drug-likeness (QED) is 0.302. The van der Waals surface area contributed by atoms with Crippen molar-refractivity contribution in [3.63, 3.8) is 0 Å². The van der Waals surface area contributed by atoms with Gasteiger partial charge >= 0.3 is 0 Å². The first-order chi connectivity index (χ1) is 19.0. The molecule has 0 aliphatic rings. The van der Waals surface area contributed by atoms with Crippen LogP contribution in [-0.4, -0.2) is 50.5 Å². The molecule has 9 heteroatoms. The van der Waals surface area contributed by atoms with Crippen LogP contribution in [0.2, 0.25) is 0 Å². The zero-order valence-electron chi connectivity index (χ0n) is 23.6. The summed E-state index contributed by atoms with van der Waals surface area (Å²) in [6.07, 6.45) is 2.87. The standard InChI is InChI=1S/C31H38FN3O4S/c1-5-6-19-33-31(37)28(20-25-15-8-7-9-16-25)34(21-26-17-10-11-18-27(26)32)29(36)22-35(40(4,38)39)30-23(2)13-12-14-24(30)3/h7-18,28H,5-6,19-22H2,1-4H3,(H,33,37)/t28-/m1/s1. The monoisotopic (exact) mass is 567 g/mol. The number of amides is 2. The van der Waals surface area contributed by atoms with Crippen molar-refractivity contribution in [1.82, 2.24) is 10.2 Å². The lowest BCUT2D eigenvalue weighted by molar-refractivity contribution is -0.140. The molecule has 0 spiro atoms. The van der Waals surface area contributed by atoms with Crippen molar-refractivity contribution in [2.75, 3.05) is 23.7 Å². The first kappa shape index (κ1) is 30.8. The van der Waals surface area contributed by atoms with E-state index in [1.54, 1.807) is 44.2 Å². The number of halogens is 1. The zero-order valence-corrected chi connectivity index (χ0v) is 24.4. The van der Waals surface area contributed by atoms with E-state index in [0.717, 1.165) is 29.0 Å². The van der Waals surface area contributed by atoms with E-state index in [0.29, 0.717) is 23.4 Å². The summed E-state index contributed by atoms with van der Waals surface area (Å²) in [5.74, 6) is -1.50. The number of rotatable bonds is 13. The van der Waals surface area contributed by atoms with E-state index in [-0.39, 0.29) is 24.4 Å². The van der Waals surface area contributed by atoms with E-state index in [4.69, 9.17) is 0 Å². The summed E-state index contributed by atoms with van der Waals surface area (Å²) in [6, 6.07) is 19.7. The maximum atomic E-state index is 14.8. The minimum absolute atomic E-state index is 0.182. The Balaban J connectivity index is 2.08. The van der Waals surface area contributed by atoms with Gasteiger partial charge in [-0.3, -0.25) is 13.9 Å². The molecule has 0 aliphatic carbocycles. The SMILES string of the molecule is CCCCNC(=O)[C@@H](Cc1ccccc1)N(Cc1ccccc1F)C(=O)CN(c1c(C)cccc1C)S(C)(=O)=O. The summed E-state index contributed by atoms with van der Waals surface area (Å²) >= 11 is 0. The number of nitrogens with zero attached hydrogens (tertiary/aromatic N) is 2. The van der Waals surface area contributed by atoms with E-state index >= 15 is 0 Å². The lowest BCUT2D eigenvalue weighted by atomic mass is 10.0. The van der Waals surface area contributed by atoms with Crippen LogP contribution < -0.4 is 9.62 Å². The zero-order chi connectivity index (χ0) is 29.3. The van der Waals surface area contributed by atoms with Crippen LogP contribution in [0, 0.1) is 19.7 Å². The van der Waals surface area contributed by atoms with Gasteiger partial charge in [0.1, 0.15) is 18.4 Å². The number of aryl methyl sites for hydroxylation is 2. The van der Waals surface area contributed by atoms with Crippen LogP contribution in [-0.2, 0) is 32.6 Å². The molecule has 214 valence electrons. The topological polar surface area (TPSA) is 86.8 Å². The van der Waals surface area contributed by atoms with Gasteiger partial charge < -0.3 is 10.2 Å². The highest BCUT2D eigenvalue weighted by Gasteiger charge is 2.34. The molecule has 0 radical (unpaired) electrons. The first-order valence-corrected chi connectivity index (χ1v) is 15.3. The number of unbranched alkanes of at least 4 members (excludes halogenated alkanes) is 1. The number of para-hydroxylation sites is 1. The molecule has 0 unspecified atom stereocenters. The Morgan fingerprint density at radius 2 is 1.55 bits per heavy atom. The summed E-state index contributed by atoms with van der Waals surface area (Å²) < 4.78 is 41.9. The number of sulfonamides is 1. The lowest BCUT2D eigenvalue weighted by Gasteiger charge is -2.34. The summed E-state index contributed by atoms with van der Waals surface area (Å²) in [5.41, 5.74) is 2.85. The molecular weight excluding hydrogens is 529 g/mol. The molecule has 1 N–H and O–H groups in total. The summed E-state index contributed by atoms with van der Waals surface area (Å²) in [4.78, 5) is 29.0. The Kier molecular flexibility index (Phi) is 10.8. The second-order valence-electron chi connectivity index (χ2n) is 9.97. The molecule has 0 saturated heterocycles. The fourth-order valence-corrected chi connectivity index (χ4v) is 5.61. The maximum Gasteiger partial charge on any atom is 0.244 e. The van der Waals surface area contributed by atoms with E-state index in [1.165, 1.54) is 11.0 Å². The van der Waals surface area contributed by atoms with Crippen LogP contribution in [0.5, 0.6) is 0 Å². The fourth-order valence-electron chi connectivity index (χ4n) is 4.65. The van der Waals surface area contributed by atoms with Crippen molar-refractivity contribution < 1.29 is 22.4 Å². The molecule has 3 rings (SSSR count). The summed E-state index contributed by atoms with van der Waals surface area (Å²) in [7, 11) is -3.88. The smallest absolute Gasteiger partial charge is 0.244 e. The maximum absolute atomic E-state index is 14.8. The summed E-state index contributed by atoms with van der Waals surface area (Å²) in [6.45, 7) is 5.26. The molecule has 0 aromatic heterocycles. The van der Waals surface area contributed by atoms with Gasteiger partial charge in [-0.15, -0.1) is 0 Å². The molecule has 1 atom stereocenters. The molecular formula is C31H38FN3O4S. The largest absolute Gasteiger partial charge is 0.354 e. The predicted molar refractivity (Wildman–Crippen MR) is 157 cm³/mol. The van der Waals surface area contributed by atoms with Crippen LogP contribution in [0.3, 0.4) is 0 Å². The van der Waals surface area contributed by atoms with Gasteiger partial charge in [0.2, 0.25) is 21.8 Å². The molecule has 3 aromatic rings. The second kappa shape index (κ2) is 14.1. The minimum atomic E-state index is -3.88. The van der Waals surface area contributed by atoms with Gasteiger partial charge in [-0.1, -0.05) is 80.1 Å². The highest BCUT2D eigenvalue weighted by atomic mass is 32.2. The van der Waals surface area contributed by atoms with Crippen molar-refractivity contribution >= 4 is 27.5 Å². The molecule has 0 saturated carbocycles.